The number of hydrogen-bond acceptors (Lipinski definition) is 4. The molecule has 2 aromatic carbocycles. The van der Waals surface area contributed by atoms with Crippen LogP contribution in [0.5, 0.6) is 0 Å². The Bertz CT molecular complexity index is 1020. The lowest BCUT2D eigenvalue weighted by molar-refractivity contribution is -0.125. The summed E-state index contributed by atoms with van der Waals surface area (Å²) in [6, 6.07) is 14.6. The van der Waals surface area contributed by atoms with Crippen LogP contribution in [0.1, 0.15) is 29.3 Å². The van der Waals surface area contributed by atoms with Crippen LogP contribution in [0.3, 0.4) is 0 Å². The number of anilines is 1. The van der Waals surface area contributed by atoms with E-state index in [0.29, 0.717) is 17.0 Å². The molecule has 3 rings (SSSR count). The van der Waals surface area contributed by atoms with Gasteiger partial charge in [0.2, 0.25) is 0 Å². The maximum Gasteiger partial charge on any atom is 0.275 e. The lowest BCUT2D eigenvalue weighted by Gasteiger charge is -2.08. The fourth-order valence-corrected chi connectivity index (χ4v) is 2.72. The van der Waals surface area contributed by atoms with Crippen LogP contribution >= 0.6 is 0 Å². The molecule has 2 amide bonds. The lowest BCUT2D eigenvalue weighted by Crippen LogP contribution is -2.22. The molecule has 0 saturated heterocycles. The summed E-state index contributed by atoms with van der Waals surface area (Å²) in [6.07, 6.45) is 1.92. The zero-order valence-electron chi connectivity index (χ0n) is 15.1. The molecule has 2 aromatic rings. The number of carbonyl (C=O) groups is 2. The molecule has 0 unspecified atom stereocenters. The van der Waals surface area contributed by atoms with Crippen LogP contribution in [-0.4, -0.2) is 29.1 Å². The minimum Gasteiger partial charge on any atom is -0.322 e. The molecule has 140 valence electrons. The van der Waals surface area contributed by atoms with Gasteiger partial charge >= 0.3 is 0 Å². The molecule has 6 nitrogen and oxygen atoms in total. The molecule has 28 heavy (non-hydrogen) atoms. The molecule has 0 aromatic heterocycles. The number of amides is 2. The van der Waals surface area contributed by atoms with Crippen LogP contribution in [0.25, 0.3) is 6.08 Å². The Morgan fingerprint density at radius 2 is 1.96 bits per heavy atom. The first-order valence-electron chi connectivity index (χ1n) is 8.61. The molecule has 0 aliphatic carbocycles. The van der Waals surface area contributed by atoms with Gasteiger partial charge in [0, 0.05) is 5.69 Å². The third-order valence-electron chi connectivity index (χ3n) is 4.16. The number of halogens is 1. The molecular formula is C21H17FN4O2. The van der Waals surface area contributed by atoms with E-state index >= 15 is 0 Å². The van der Waals surface area contributed by atoms with Crippen LogP contribution < -0.4 is 5.32 Å². The van der Waals surface area contributed by atoms with Gasteiger partial charge in [0.05, 0.1) is 35.9 Å². The van der Waals surface area contributed by atoms with Crippen LogP contribution in [0.4, 0.5) is 10.1 Å². The van der Waals surface area contributed by atoms with E-state index in [1.54, 1.807) is 43.3 Å². The topological polar surface area (TPSA) is 85.6 Å². The van der Waals surface area contributed by atoms with Crippen molar-refractivity contribution in [2.75, 3.05) is 11.9 Å². The Morgan fingerprint density at radius 1 is 1.25 bits per heavy atom. The summed E-state index contributed by atoms with van der Waals surface area (Å²) < 4.78 is 13.7. The van der Waals surface area contributed by atoms with E-state index in [0.717, 1.165) is 5.56 Å². The van der Waals surface area contributed by atoms with Gasteiger partial charge in [-0.3, -0.25) is 9.59 Å². The van der Waals surface area contributed by atoms with Gasteiger partial charge in [0.15, 0.2) is 0 Å². The molecule has 1 aliphatic rings. The molecule has 1 aliphatic heterocycles. The van der Waals surface area contributed by atoms with E-state index < -0.39 is 11.7 Å². The molecule has 7 heteroatoms. The number of hydrazone groups is 1. The second-order valence-corrected chi connectivity index (χ2v) is 6.14. The summed E-state index contributed by atoms with van der Waals surface area (Å²) in [7, 11) is 0. The van der Waals surface area contributed by atoms with E-state index in [2.05, 4.69) is 10.4 Å². The monoisotopic (exact) mass is 376 g/mol. The van der Waals surface area contributed by atoms with Crippen LogP contribution in [0.2, 0.25) is 0 Å². The number of nitriles is 1. The number of carbonyl (C=O) groups excluding carboxylic acids is 2. The minimum atomic E-state index is -0.586. The quantitative estimate of drug-likeness (QED) is 0.809. The summed E-state index contributed by atoms with van der Waals surface area (Å²) in [5.74, 6) is -1.37. The smallest absolute Gasteiger partial charge is 0.275 e. The van der Waals surface area contributed by atoms with Gasteiger partial charge in [-0.15, -0.1) is 0 Å². The van der Waals surface area contributed by atoms with Crippen molar-refractivity contribution >= 4 is 29.3 Å². The van der Waals surface area contributed by atoms with Gasteiger partial charge < -0.3 is 5.32 Å². The van der Waals surface area contributed by atoms with Crippen molar-refractivity contribution < 1.29 is 14.0 Å². The van der Waals surface area contributed by atoms with Gasteiger partial charge in [-0.1, -0.05) is 24.3 Å². The van der Waals surface area contributed by atoms with E-state index in [1.165, 1.54) is 23.2 Å². The van der Waals surface area contributed by atoms with E-state index in [1.807, 2.05) is 6.07 Å². The van der Waals surface area contributed by atoms with Crippen molar-refractivity contribution in [1.82, 2.24) is 5.01 Å². The summed E-state index contributed by atoms with van der Waals surface area (Å²) in [4.78, 5) is 24.5. The highest BCUT2D eigenvalue weighted by Crippen LogP contribution is 2.20. The highest BCUT2D eigenvalue weighted by atomic mass is 19.1. The average molecular weight is 376 g/mol. The first kappa shape index (κ1) is 19.0. The van der Waals surface area contributed by atoms with Crippen LogP contribution in [-0.2, 0) is 4.79 Å². The second-order valence-electron chi connectivity index (χ2n) is 6.14. The van der Waals surface area contributed by atoms with Crippen molar-refractivity contribution in [3.05, 3.63) is 71.0 Å². The maximum atomic E-state index is 13.7. The van der Waals surface area contributed by atoms with Crippen LogP contribution in [0.15, 0.2) is 59.2 Å². The van der Waals surface area contributed by atoms with Gasteiger partial charge in [-0.05, 0) is 42.8 Å². The molecule has 1 heterocycles. The number of hydrogen-bond donors (Lipinski definition) is 1. The third-order valence-corrected chi connectivity index (χ3v) is 4.16. The van der Waals surface area contributed by atoms with E-state index in [-0.39, 0.29) is 24.4 Å². The number of nitrogens with one attached hydrogen (secondary N) is 1. The molecule has 0 bridgehead atoms. The Hall–Kier alpha value is -3.79. The van der Waals surface area contributed by atoms with Crippen molar-refractivity contribution in [3.63, 3.8) is 0 Å². The fourth-order valence-electron chi connectivity index (χ4n) is 2.72. The average Bonchev–Trinajstić information content (AvgIpc) is 2.95. The Balaban J connectivity index is 1.71. The zero-order valence-corrected chi connectivity index (χ0v) is 15.1. The number of benzene rings is 2. The van der Waals surface area contributed by atoms with E-state index in [9.17, 15) is 14.0 Å². The highest BCUT2D eigenvalue weighted by Gasteiger charge is 2.26. The van der Waals surface area contributed by atoms with Gasteiger partial charge in [-0.25, -0.2) is 9.40 Å². The predicted octanol–water partition coefficient (Wildman–Crippen LogP) is 3.59. The number of nitrogens with zero attached hydrogens (tertiary/aromatic N) is 3. The zero-order chi connectivity index (χ0) is 20.1. The van der Waals surface area contributed by atoms with Crippen LogP contribution in [0, 0.1) is 17.1 Å². The molecule has 0 spiro atoms. The van der Waals surface area contributed by atoms with Crippen molar-refractivity contribution in [2.45, 2.75) is 13.3 Å². The van der Waals surface area contributed by atoms with Crippen molar-refractivity contribution in [3.8, 4) is 6.07 Å². The second kappa shape index (κ2) is 8.27. The Morgan fingerprint density at radius 3 is 2.64 bits per heavy atom. The predicted molar refractivity (Wildman–Crippen MR) is 104 cm³/mol. The first-order valence-corrected chi connectivity index (χ1v) is 8.61. The van der Waals surface area contributed by atoms with Gasteiger partial charge in [0.1, 0.15) is 5.82 Å². The van der Waals surface area contributed by atoms with Gasteiger partial charge in [0.25, 0.3) is 11.8 Å². The van der Waals surface area contributed by atoms with Gasteiger partial charge in [-0.2, -0.15) is 10.4 Å². The summed E-state index contributed by atoms with van der Waals surface area (Å²) in [6.45, 7) is 1.99. The SMILES string of the molecule is CC1=NN(CCC#N)C(=O)C1=Cc1ccc(NC(=O)c2ccccc2F)cc1. The first-order chi connectivity index (χ1) is 13.5. The number of rotatable bonds is 5. The molecule has 0 saturated carbocycles. The molecular weight excluding hydrogens is 359 g/mol. The van der Waals surface area contributed by atoms with Crippen molar-refractivity contribution in [1.29, 1.82) is 5.26 Å². The Kier molecular flexibility index (Phi) is 5.61. The lowest BCUT2D eigenvalue weighted by atomic mass is 10.1. The normalized spacial score (nSPS) is 14.8. The molecule has 0 atom stereocenters. The summed E-state index contributed by atoms with van der Waals surface area (Å²) in [5, 5.41) is 16.7. The summed E-state index contributed by atoms with van der Waals surface area (Å²) in [5.41, 5.74) is 2.27. The van der Waals surface area contributed by atoms with E-state index in [4.69, 9.17) is 5.26 Å². The standard InChI is InChI=1S/C21H17FN4O2/c1-14-18(21(28)26(25-14)12-4-11-23)13-15-7-9-16(10-8-15)24-20(27)17-5-2-3-6-19(17)22/h2-3,5-10,13H,4,12H2,1H3,(H,24,27). The Labute approximate surface area is 161 Å². The van der Waals surface area contributed by atoms with Crippen molar-refractivity contribution in [2.24, 2.45) is 5.10 Å². The molecule has 0 fully saturated rings. The minimum absolute atomic E-state index is 0.0328. The molecule has 0 radical (unpaired) electrons. The highest BCUT2D eigenvalue weighted by molar-refractivity contribution is 6.26. The third kappa shape index (κ3) is 4.13. The summed E-state index contributed by atoms with van der Waals surface area (Å²) >= 11 is 0. The largest absolute Gasteiger partial charge is 0.322 e. The fraction of sp³-hybridized carbons (Fsp3) is 0.143. The molecule has 1 N–H and O–H groups in total. The maximum absolute atomic E-state index is 13.7.